The molecule has 0 saturated heterocycles. The van der Waals surface area contributed by atoms with Gasteiger partial charge in [-0.25, -0.2) is 0 Å². The molecule has 0 aliphatic heterocycles. The molecule has 1 N–H and O–H groups in total. The van der Waals surface area contributed by atoms with Crippen LogP contribution in [-0.2, 0) is 4.79 Å². The van der Waals surface area contributed by atoms with Gasteiger partial charge in [-0.3, -0.25) is 4.79 Å². The van der Waals surface area contributed by atoms with Crippen LogP contribution in [0, 0.1) is 10.8 Å². The van der Waals surface area contributed by atoms with Gasteiger partial charge in [0.05, 0.1) is 0 Å². The molecular weight excluding hydrogens is 206 g/mol. The molecule has 0 aliphatic carbocycles. The maximum Gasteiger partial charge on any atom is 0.297 e. The summed E-state index contributed by atoms with van der Waals surface area (Å²) in [6.07, 6.45) is 1.92. The van der Waals surface area contributed by atoms with Gasteiger partial charge >= 0.3 is 0 Å². The molecule has 0 spiro atoms. The second-order valence-corrected chi connectivity index (χ2v) is 2.61. The average Bonchev–Trinajstić information content (AvgIpc) is 1.87. The van der Waals surface area contributed by atoms with Crippen LogP contribution in [0.4, 0.5) is 0 Å². The highest BCUT2D eigenvalue weighted by Crippen LogP contribution is 1.84. The Morgan fingerprint density at radius 3 is 2.73 bits per heavy atom. The SMILES string of the molecule is CC(C)=CCNC(=O)C#CBr. The van der Waals surface area contributed by atoms with E-state index in [-0.39, 0.29) is 5.91 Å². The van der Waals surface area contributed by atoms with Crippen LogP contribution in [0.1, 0.15) is 13.8 Å². The monoisotopic (exact) mass is 215 g/mol. The first-order valence-corrected chi connectivity index (χ1v) is 3.99. The summed E-state index contributed by atoms with van der Waals surface area (Å²) in [7, 11) is 0. The molecule has 0 saturated carbocycles. The van der Waals surface area contributed by atoms with Crippen molar-refractivity contribution in [2.45, 2.75) is 13.8 Å². The number of nitrogens with one attached hydrogen (secondary N) is 1. The molecule has 2 nitrogen and oxygen atoms in total. The number of carbonyl (C=O) groups is 1. The van der Waals surface area contributed by atoms with Crippen LogP contribution in [0.3, 0.4) is 0 Å². The van der Waals surface area contributed by atoms with Crippen LogP contribution in [0.5, 0.6) is 0 Å². The average molecular weight is 216 g/mol. The lowest BCUT2D eigenvalue weighted by atomic mass is 10.3. The predicted octanol–water partition coefficient (Wildman–Crippen LogP) is 1.42. The number of rotatable bonds is 2. The Hall–Kier alpha value is -0.750. The fraction of sp³-hybridized carbons (Fsp3) is 0.375. The summed E-state index contributed by atoms with van der Waals surface area (Å²) >= 11 is 2.83. The van der Waals surface area contributed by atoms with Crippen LogP contribution in [0.2, 0.25) is 0 Å². The van der Waals surface area contributed by atoms with E-state index in [1.807, 2.05) is 19.9 Å². The van der Waals surface area contributed by atoms with E-state index < -0.39 is 0 Å². The highest BCUT2D eigenvalue weighted by Gasteiger charge is 1.89. The van der Waals surface area contributed by atoms with E-state index in [0.29, 0.717) is 6.54 Å². The highest BCUT2D eigenvalue weighted by molar-refractivity contribution is 9.12. The molecule has 0 atom stereocenters. The third-order valence-electron chi connectivity index (χ3n) is 0.934. The Morgan fingerprint density at radius 1 is 1.64 bits per heavy atom. The lowest BCUT2D eigenvalue weighted by molar-refractivity contribution is -0.115. The second-order valence-electron chi connectivity index (χ2n) is 2.21. The van der Waals surface area contributed by atoms with Crippen molar-refractivity contribution >= 4 is 21.8 Å². The first-order chi connectivity index (χ1) is 5.16. The zero-order chi connectivity index (χ0) is 8.69. The molecule has 0 unspecified atom stereocenters. The molecule has 0 aromatic heterocycles. The van der Waals surface area contributed by atoms with Gasteiger partial charge in [-0.05, 0) is 18.7 Å². The minimum Gasteiger partial charge on any atom is -0.342 e. The molecule has 0 fully saturated rings. The fourth-order valence-corrected chi connectivity index (χ4v) is 0.615. The van der Waals surface area contributed by atoms with Crippen molar-refractivity contribution in [2.75, 3.05) is 6.54 Å². The topological polar surface area (TPSA) is 29.1 Å². The lowest BCUT2D eigenvalue weighted by Crippen LogP contribution is -2.21. The second kappa shape index (κ2) is 5.99. The fourth-order valence-electron chi connectivity index (χ4n) is 0.435. The van der Waals surface area contributed by atoms with E-state index in [2.05, 4.69) is 32.0 Å². The molecule has 11 heavy (non-hydrogen) atoms. The van der Waals surface area contributed by atoms with Crippen molar-refractivity contribution in [1.82, 2.24) is 5.32 Å². The van der Waals surface area contributed by atoms with Crippen molar-refractivity contribution in [3.05, 3.63) is 11.6 Å². The van der Waals surface area contributed by atoms with Crippen LogP contribution >= 0.6 is 15.9 Å². The van der Waals surface area contributed by atoms with E-state index >= 15 is 0 Å². The van der Waals surface area contributed by atoms with E-state index in [9.17, 15) is 4.79 Å². The van der Waals surface area contributed by atoms with E-state index in [1.165, 1.54) is 5.57 Å². The summed E-state index contributed by atoms with van der Waals surface area (Å²) < 4.78 is 0. The molecule has 0 radical (unpaired) electrons. The predicted molar refractivity (Wildman–Crippen MR) is 49.1 cm³/mol. The van der Waals surface area contributed by atoms with Gasteiger partial charge in [-0.15, -0.1) is 0 Å². The maximum atomic E-state index is 10.7. The number of amides is 1. The van der Waals surface area contributed by atoms with Gasteiger partial charge < -0.3 is 5.32 Å². The Bertz CT molecular complexity index is 218. The van der Waals surface area contributed by atoms with Crippen molar-refractivity contribution in [1.29, 1.82) is 0 Å². The van der Waals surface area contributed by atoms with Crippen molar-refractivity contribution in [3.8, 4) is 10.8 Å². The number of hydrogen-bond donors (Lipinski definition) is 1. The first-order valence-electron chi connectivity index (χ1n) is 3.19. The van der Waals surface area contributed by atoms with Gasteiger partial charge in [0.1, 0.15) is 0 Å². The van der Waals surface area contributed by atoms with Crippen molar-refractivity contribution in [2.24, 2.45) is 0 Å². The smallest absolute Gasteiger partial charge is 0.297 e. The summed E-state index contributed by atoms with van der Waals surface area (Å²) in [6, 6.07) is 0. The molecule has 60 valence electrons. The Labute approximate surface area is 75.2 Å². The normalized spacial score (nSPS) is 7.55. The molecule has 0 aromatic carbocycles. The molecular formula is C8H10BrNO. The number of carbonyl (C=O) groups excluding carboxylic acids is 1. The molecule has 0 rings (SSSR count). The van der Waals surface area contributed by atoms with Crippen LogP contribution < -0.4 is 5.32 Å². The molecule has 3 heteroatoms. The van der Waals surface area contributed by atoms with E-state index in [4.69, 9.17) is 0 Å². The lowest BCUT2D eigenvalue weighted by Gasteiger charge is -1.94. The Kier molecular flexibility index (Phi) is 5.58. The third-order valence-corrected chi connectivity index (χ3v) is 1.13. The van der Waals surface area contributed by atoms with Crippen molar-refractivity contribution < 1.29 is 4.79 Å². The standard InChI is InChI=1S/C8H10BrNO/c1-7(2)4-6-10-8(11)3-5-9/h4H,6H2,1-2H3,(H,10,11). The zero-order valence-electron chi connectivity index (χ0n) is 6.57. The summed E-state index contributed by atoms with van der Waals surface area (Å²) in [5, 5.41) is 2.60. The summed E-state index contributed by atoms with van der Waals surface area (Å²) in [5.41, 5.74) is 1.18. The molecule has 1 amide bonds. The minimum atomic E-state index is -0.264. The van der Waals surface area contributed by atoms with Gasteiger partial charge in [0, 0.05) is 28.4 Å². The van der Waals surface area contributed by atoms with E-state index in [0.717, 1.165) is 0 Å². The summed E-state index contributed by atoms with van der Waals surface area (Å²) in [6.45, 7) is 4.49. The first kappa shape index (κ1) is 10.2. The maximum absolute atomic E-state index is 10.7. The number of allylic oxidation sites excluding steroid dienone is 1. The quantitative estimate of drug-likeness (QED) is 0.549. The van der Waals surface area contributed by atoms with Crippen LogP contribution in [-0.4, -0.2) is 12.5 Å². The number of halogens is 1. The van der Waals surface area contributed by atoms with Gasteiger partial charge in [0.2, 0.25) is 0 Å². The zero-order valence-corrected chi connectivity index (χ0v) is 8.16. The highest BCUT2D eigenvalue weighted by atomic mass is 79.9. The largest absolute Gasteiger partial charge is 0.342 e. The molecule has 0 aliphatic rings. The van der Waals surface area contributed by atoms with Crippen molar-refractivity contribution in [3.63, 3.8) is 0 Å². The molecule has 0 heterocycles. The Morgan fingerprint density at radius 2 is 2.27 bits per heavy atom. The van der Waals surface area contributed by atoms with E-state index in [1.54, 1.807) is 0 Å². The Balaban J connectivity index is 3.61. The summed E-state index contributed by atoms with van der Waals surface area (Å²) in [5.74, 6) is 2.04. The van der Waals surface area contributed by atoms with Gasteiger partial charge in [-0.1, -0.05) is 11.6 Å². The van der Waals surface area contributed by atoms with Gasteiger partial charge in [0.15, 0.2) is 0 Å². The molecule has 0 bridgehead atoms. The molecule has 0 aromatic rings. The summed E-state index contributed by atoms with van der Waals surface area (Å²) in [4.78, 5) is 13.0. The van der Waals surface area contributed by atoms with Crippen LogP contribution in [0.25, 0.3) is 0 Å². The third kappa shape index (κ3) is 7.14. The number of hydrogen-bond acceptors (Lipinski definition) is 1. The minimum absolute atomic E-state index is 0.264. The van der Waals surface area contributed by atoms with Crippen LogP contribution in [0.15, 0.2) is 11.6 Å². The van der Waals surface area contributed by atoms with Gasteiger partial charge in [-0.2, -0.15) is 0 Å². The van der Waals surface area contributed by atoms with Gasteiger partial charge in [0.25, 0.3) is 5.91 Å².